The molecular weight excluding hydrogens is 200 g/mol. The van der Waals surface area contributed by atoms with Gasteiger partial charge in [-0.15, -0.1) is 0 Å². The van der Waals surface area contributed by atoms with Gasteiger partial charge in [-0.3, -0.25) is 0 Å². The number of rotatable bonds is 5. The molecule has 0 radical (unpaired) electrons. The van der Waals surface area contributed by atoms with Crippen LogP contribution < -0.4 is 11.1 Å². The van der Waals surface area contributed by atoms with E-state index in [1.165, 1.54) is 6.42 Å². The Hall–Kier alpha value is -0.120. The van der Waals surface area contributed by atoms with Gasteiger partial charge in [-0.05, 0) is 31.1 Å². The lowest BCUT2D eigenvalue weighted by atomic mass is 9.86. The second-order valence-electron chi connectivity index (χ2n) is 6.23. The average Bonchev–Trinajstić information content (AvgIpc) is 2.45. The van der Waals surface area contributed by atoms with Crippen LogP contribution >= 0.6 is 0 Å². The monoisotopic (exact) mass is 228 g/mol. The molecule has 3 N–H and O–H groups in total. The average molecular weight is 228 g/mol. The smallest absolute Gasteiger partial charge is 0.0667 e. The largest absolute Gasteiger partial charge is 0.380 e. The van der Waals surface area contributed by atoms with Crippen LogP contribution in [0, 0.1) is 11.3 Å². The summed E-state index contributed by atoms with van der Waals surface area (Å²) in [6, 6.07) is 0. The van der Waals surface area contributed by atoms with E-state index in [4.69, 9.17) is 10.5 Å². The van der Waals surface area contributed by atoms with E-state index >= 15 is 0 Å². The van der Waals surface area contributed by atoms with Crippen LogP contribution in [-0.2, 0) is 4.74 Å². The highest BCUT2D eigenvalue weighted by atomic mass is 16.5. The summed E-state index contributed by atoms with van der Waals surface area (Å²) in [4.78, 5) is 0. The zero-order chi connectivity index (χ0) is 12.4. The molecule has 3 heteroatoms. The molecule has 1 aliphatic rings. The van der Waals surface area contributed by atoms with Crippen LogP contribution in [0.2, 0.25) is 0 Å². The highest BCUT2D eigenvalue weighted by molar-refractivity contribution is 5.04. The SMILES string of the molecule is COC(C)CNC1(CN)CC(C)(C)CC1C. The maximum absolute atomic E-state index is 6.00. The molecule has 16 heavy (non-hydrogen) atoms. The molecule has 3 nitrogen and oxygen atoms in total. The lowest BCUT2D eigenvalue weighted by Gasteiger charge is -2.35. The molecular formula is C13H28N2O. The molecule has 0 aliphatic heterocycles. The van der Waals surface area contributed by atoms with Gasteiger partial charge in [0.2, 0.25) is 0 Å². The van der Waals surface area contributed by atoms with Gasteiger partial charge in [0.05, 0.1) is 6.10 Å². The van der Waals surface area contributed by atoms with Crippen molar-refractivity contribution < 1.29 is 4.74 Å². The zero-order valence-electron chi connectivity index (χ0n) is 11.5. The summed E-state index contributed by atoms with van der Waals surface area (Å²) in [7, 11) is 1.75. The Morgan fingerprint density at radius 1 is 1.50 bits per heavy atom. The molecule has 3 atom stereocenters. The lowest BCUT2D eigenvalue weighted by Crippen LogP contribution is -2.55. The summed E-state index contributed by atoms with van der Waals surface area (Å²) < 4.78 is 5.28. The van der Waals surface area contributed by atoms with E-state index in [0.29, 0.717) is 17.9 Å². The Morgan fingerprint density at radius 2 is 2.12 bits per heavy atom. The van der Waals surface area contributed by atoms with Crippen molar-refractivity contribution in [2.75, 3.05) is 20.2 Å². The third-order valence-corrected chi connectivity index (χ3v) is 4.10. The van der Waals surface area contributed by atoms with E-state index in [9.17, 15) is 0 Å². The van der Waals surface area contributed by atoms with E-state index in [1.54, 1.807) is 7.11 Å². The van der Waals surface area contributed by atoms with Crippen LogP contribution in [0.4, 0.5) is 0 Å². The third kappa shape index (κ3) is 2.96. The standard InChI is InChI=1S/C13H28N2O/c1-10-6-12(3,4)8-13(10,9-14)15-7-11(2)16-5/h10-11,15H,6-9,14H2,1-5H3. The second-order valence-corrected chi connectivity index (χ2v) is 6.23. The highest BCUT2D eigenvalue weighted by Gasteiger charge is 2.47. The molecule has 0 bridgehead atoms. The summed E-state index contributed by atoms with van der Waals surface area (Å²) in [5.41, 5.74) is 6.52. The first-order chi connectivity index (χ1) is 7.35. The predicted molar refractivity (Wildman–Crippen MR) is 68.4 cm³/mol. The fraction of sp³-hybridized carbons (Fsp3) is 1.00. The minimum atomic E-state index is 0.107. The van der Waals surface area contributed by atoms with Crippen molar-refractivity contribution in [3.63, 3.8) is 0 Å². The molecule has 0 aromatic heterocycles. The van der Waals surface area contributed by atoms with E-state index in [1.807, 2.05) is 0 Å². The van der Waals surface area contributed by atoms with Crippen LogP contribution in [-0.4, -0.2) is 31.8 Å². The summed E-state index contributed by atoms with van der Waals surface area (Å²) in [6.45, 7) is 10.7. The van der Waals surface area contributed by atoms with Gasteiger partial charge in [0.1, 0.15) is 0 Å². The van der Waals surface area contributed by atoms with Crippen molar-refractivity contribution in [1.82, 2.24) is 5.32 Å². The zero-order valence-corrected chi connectivity index (χ0v) is 11.5. The van der Waals surface area contributed by atoms with E-state index < -0.39 is 0 Å². The molecule has 0 aromatic carbocycles. The first-order valence-corrected chi connectivity index (χ1v) is 6.33. The Kier molecular flexibility index (Phi) is 4.38. The molecule has 3 unspecified atom stereocenters. The van der Waals surface area contributed by atoms with Crippen LogP contribution in [0.3, 0.4) is 0 Å². The number of nitrogens with two attached hydrogens (primary N) is 1. The summed E-state index contributed by atoms with van der Waals surface area (Å²) in [5, 5.41) is 3.65. The van der Waals surface area contributed by atoms with Crippen LogP contribution in [0.25, 0.3) is 0 Å². The van der Waals surface area contributed by atoms with Crippen LogP contribution in [0.5, 0.6) is 0 Å². The van der Waals surface area contributed by atoms with E-state index in [0.717, 1.165) is 13.0 Å². The molecule has 1 aliphatic carbocycles. The van der Waals surface area contributed by atoms with Crippen molar-refractivity contribution in [1.29, 1.82) is 0 Å². The predicted octanol–water partition coefficient (Wildman–Crippen LogP) is 1.76. The van der Waals surface area contributed by atoms with Crippen molar-refractivity contribution in [2.45, 2.75) is 52.2 Å². The molecule has 0 amide bonds. The Labute approximate surface area is 100 Å². The molecule has 0 aromatic rings. The highest BCUT2D eigenvalue weighted by Crippen LogP contribution is 2.46. The molecule has 0 saturated heterocycles. The van der Waals surface area contributed by atoms with Crippen molar-refractivity contribution in [3.05, 3.63) is 0 Å². The summed E-state index contributed by atoms with van der Waals surface area (Å²) >= 11 is 0. The van der Waals surface area contributed by atoms with Crippen LogP contribution in [0.15, 0.2) is 0 Å². The minimum Gasteiger partial charge on any atom is -0.380 e. The molecule has 1 saturated carbocycles. The molecule has 0 spiro atoms. The summed E-state index contributed by atoms with van der Waals surface area (Å²) in [5.74, 6) is 0.636. The van der Waals surface area contributed by atoms with E-state index in [2.05, 4.69) is 33.0 Å². The molecule has 0 heterocycles. The topological polar surface area (TPSA) is 47.3 Å². The Morgan fingerprint density at radius 3 is 2.50 bits per heavy atom. The normalized spacial score (nSPS) is 35.2. The number of hydrogen-bond acceptors (Lipinski definition) is 3. The number of nitrogens with one attached hydrogen (secondary N) is 1. The van der Waals surface area contributed by atoms with Gasteiger partial charge in [0.25, 0.3) is 0 Å². The van der Waals surface area contributed by atoms with Crippen molar-refractivity contribution >= 4 is 0 Å². The quantitative estimate of drug-likeness (QED) is 0.754. The number of ether oxygens (including phenoxy) is 1. The van der Waals surface area contributed by atoms with Gasteiger partial charge < -0.3 is 15.8 Å². The maximum atomic E-state index is 6.00. The van der Waals surface area contributed by atoms with Gasteiger partial charge >= 0.3 is 0 Å². The Bertz CT molecular complexity index is 230. The first kappa shape index (κ1) is 13.9. The fourth-order valence-corrected chi connectivity index (χ4v) is 3.14. The fourth-order valence-electron chi connectivity index (χ4n) is 3.14. The van der Waals surface area contributed by atoms with Gasteiger partial charge in [-0.25, -0.2) is 0 Å². The third-order valence-electron chi connectivity index (χ3n) is 4.10. The first-order valence-electron chi connectivity index (χ1n) is 6.33. The molecule has 96 valence electrons. The lowest BCUT2D eigenvalue weighted by molar-refractivity contribution is 0.102. The Balaban J connectivity index is 2.64. The van der Waals surface area contributed by atoms with Gasteiger partial charge in [0, 0.05) is 25.7 Å². The van der Waals surface area contributed by atoms with Crippen molar-refractivity contribution in [2.24, 2.45) is 17.1 Å². The van der Waals surface area contributed by atoms with Crippen molar-refractivity contribution in [3.8, 4) is 0 Å². The minimum absolute atomic E-state index is 0.107. The number of hydrogen-bond donors (Lipinski definition) is 2. The van der Waals surface area contributed by atoms with Crippen LogP contribution in [0.1, 0.15) is 40.5 Å². The van der Waals surface area contributed by atoms with Gasteiger partial charge in [0.15, 0.2) is 0 Å². The van der Waals surface area contributed by atoms with Gasteiger partial charge in [-0.1, -0.05) is 20.8 Å². The van der Waals surface area contributed by atoms with Gasteiger partial charge in [-0.2, -0.15) is 0 Å². The maximum Gasteiger partial charge on any atom is 0.0667 e. The second kappa shape index (κ2) is 5.03. The summed E-state index contributed by atoms with van der Waals surface area (Å²) in [6.07, 6.45) is 2.66. The molecule has 1 rings (SSSR count). The molecule has 1 fully saturated rings. The van der Waals surface area contributed by atoms with E-state index in [-0.39, 0.29) is 11.6 Å². The number of methoxy groups -OCH3 is 1.